The topological polar surface area (TPSA) is 62.6 Å². The number of hydrogen-bond acceptors (Lipinski definition) is 4. The average molecular weight is 246 g/mol. The first-order chi connectivity index (χ1) is 8.45. The Balaban J connectivity index is 2.28. The lowest BCUT2D eigenvalue weighted by Gasteiger charge is -2.29. The third-order valence-electron chi connectivity index (χ3n) is 3.04. The SMILES string of the molecule is CN(C(=O)c1ccc2c(c1)OCO2)C(C)(C)C#N. The number of benzene rings is 1. The van der Waals surface area contributed by atoms with Gasteiger partial charge in [0, 0.05) is 12.6 Å². The molecule has 0 unspecified atom stereocenters. The third kappa shape index (κ3) is 1.97. The fraction of sp³-hybridized carbons (Fsp3) is 0.385. The summed E-state index contributed by atoms with van der Waals surface area (Å²) >= 11 is 0. The van der Waals surface area contributed by atoms with E-state index in [1.807, 2.05) is 0 Å². The Kier molecular flexibility index (Phi) is 2.87. The van der Waals surface area contributed by atoms with Crippen molar-refractivity contribution in [2.45, 2.75) is 19.4 Å². The number of hydrogen-bond donors (Lipinski definition) is 0. The minimum absolute atomic E-state index is 0.173. The van der Waals surface area contributed by atoms with E-state index in [0.29, 0.717) is 17.1 Å². The zero-order valence-electron chi connectivity index (χ0n) is 10.6. The van der Waals surface area contributed by atoms with Gasteiger partial charge in [-0.2, -0.15) is 5.26 Å². The van der Waals surface area contributed by atoms with Crippen molar-refractivity contribution in [1.29, 1.82) is 5.26 Å². The summed E-state index contributed by atoms with van der Waals surface area (Å²) in [6.07, 6.45) is 0. The first kappa shape index (κ1) is 12.2. The van der Waals surface area contributed by atoms with Gasteiger partial charge in [-0.05, 0) is 32.0 Å². The van der Waals surface area contributed by atoms with E-state index in [0.717, 1.165) is 0 Å². The molecule has 0 aromatic heterocycles. The van der Waals surface area contributed by atoms with E-state index in [1.54, 1.807) is 39.1 Å². The van der Waals surface area contributed by atoms with Gasteiger partial charge in [-0.3, -0.25) is 4.79 Å². The highest BCUT2D eigenvalue weighted by Gasteiger charge is 2.28. The van der Waals surface area contributed by atoms with Gasteiger partial charge in [0.25, 0.3) is 5.91 Å². The quantitative estimate of drug-likeness (QED) is 0.798. The molecule has 18 heavy (non-hydrogen) atoms. The highest BCUT2D eigenvalue weighted by atomic mass is 16.7. The lowest BCUT2D eigenvalue weighted by molar-refractivity contribution is 0.0698. The highest BCUT2D eigenvalue weighted by molar-refractivity contribution is 5.95. The molecule has 0 aliphatic carbocycles. The molecule has 0 radical (unpaired) electrons. The number of nitriles is 1. The molecule has 0 atom stereocenters. The number of amides is 1. The summed E-state index contributed by atoms with van der Waals surface area (Å²) in [5, 5.41) is 9.03. The Morgan fingerprint density at radius 1 is 1.39 bits per heavy atom. The maximum absolute atomic E-state index is 12.2. The molecule has 5 heteroatoms. The van der Waals surface area contributed by atoms with Gasteiger partial charge in [0.2, 0.25) is 6.79 Å². The molecule has 0 saturated heterocycles. The van der Waals surface area contributed by atoms with Gasteiger partial charge in [0.15, 0.2) is 11.5 Å². The molecule has 1 amide bonds. The predicted octanol–water partition coefficient (Wildman–Crippen LogP) is 1.79. The standard InChI is InChI=1S/C13H14N2O3/c1-13(2,7-14)15(3)12(16)9-4-5-10-11(6-9)18-8-17-10/h4-6H,8H2,1-3H3. The van der Waals surface area contributed by atoms with Crippen LogP contribution < -0.4 is 9.47 Å². The smallest absolute Gasteiger partial charge is 0.255 e. The Hall–Kier alpha value is -2.22. The molecule has 0 saturated carbocycles. The molecule has 1 heterocycles. The zero-order valence-corrected chi connectivity index (χ0v) is 10.6. The van der Waals surface area contributed by atoms with Crippen LogP contribution in [-0.4, -0.2) is 30.2 Å². The Morgan fingerprint density at radius 3 is 2.72 bits per heavy atom. The van der Waals surface area contributed by atoms with Crippen molar-refractivity contribution in [2.24, 2.45) is 0 Å². The van der Waals surface area contributed by atoms with Crippen LogP contribution in [0.25, 0.3) is 0 Å². The van der Waals surface area contributed by atoms with Gasteiger partial charge >= 0.3 is 0 Å². The van der Waals surface area contributed by atoms with Crippen molar-refractivity contribution in [1.82, 2.24) is 4.90 Å². The Morgan fingerprint density at radius 2 is 2.06 bits per heavy atom. The molecular weight excluding hydrogens is 232 g/mol. The van der Waals surface area contributed by atoms with Gasteiger partial charge in [-0.15, -0.1) is 0 Å². The molecule has 94 valence electrons. The molecule has 0 bridgehead atoms. The minimum atomic E-state index is -0.854. The van der Waals surface area contributed by atoms with Gasteiger partial charge < -0.3 is 14.4 Å². The lowest BCUT2D eigenvalue weighted by atomic mass is 10.0. The molecule has 2 rings (SSSR count). The zero-order chi connectivity index (χ0) is 13.3. The van der Waals surface area contributed by atoms with Crippen molar-refractivity contribution < 1.29 is 14.3 Å². The van der Waals surface area contributed by atoms with Crippen LogP contribution in [0.15, 0.2) is 18.2 Å². The van der Waals surface area contributed by atoms with E-state index in [1.165, 1.54) is 4.90 Å². The number of ether oxygens (including phenoxy) is 2. The van der Waals surface area contributed by atoms with Crippen LogP contribution in [0, 0.1) is 11.3 Å². The maximum atomic E-state index is 12.2. The first-order valence-electron chi connectivity index (χ1n) is 5.55. The minimum Gasteiger partial charge on any atom is -0.454 e. The maximum Gasteiger partial charge on any atom is 0.255 e. The summed E-state index contributed by atoms with van der Waals surface area (Å²) in [6.45, 7) is 3.56. The first-order valence-corrected chi connectivity index (χ1v) is 5.55. The molecule has 0 N–H and O–H groups in total. The summed E-state index contributed by atoms with van der Waals surface area (Å²) in [4.78, 5) is 13.6. The summed E-state index contributed by atoms with van der Waals surface area (Å²) in [6, 6.07) is 7.09. The van der Waals surface area contributed by atoms with Crippen molar-refractivity contribution >= 4 is 5.91 Å². The van der Waals surface area contributed by atoms with E-state index in [2.05, 4.69) is 6.07 Å². The van der Waals surface area contributed by atoms with Crippen LogP contribution in [0.5, 0.6) is 11.5 Å². The number of nitrogens with zero attached hydrogens (tertiary/aromatic N) is 2. The third-order valence-corrected chi connectivity index (χ3v) is 3.04. The molecule has 1 aliphatic rings. The molecule has 5 nitrogen and oxygen atoms in total. The Bertz CT molecular complexity index is 532. The summed E-state index contributed by atoms with van der Waals surface area (Å²) < 4.78 is 10.4. The lowest BCUT2D eigenvalue weighted by Crippen LogP contribution is -2.43. The fourth-order valence-corrected chi connectivity index (χ4v) is 1.55. The van der Waals surface area contributed by atoms with Crippen molar-refractivity contribution in [3.05, 3.63) is 23.8 Å². The van der Waals surface area contributed by atoms with E-state index in [-0.39, 0.29) is 12.7 Å². The predicted molar refractivity (Wildman–Crippen MR) is 64.4 cm³/mol. The fourth-order valence-electron chi connectivity index (χ4n) is 1.55. The van der Waals surface area contributed by atoms with Crippen LogP contribution >= 0.6 is 0 Å². The second-order valence-electron chi connectivity index (χ2n) is 4.60. The highest BCUT2D eigenvalue weighted by Crippen LogP contribution is 2.33. The van der Waals surface area contributed by atoms with Crippen molar-refractivity contribution in [3.8, 4) is 17.6 Å². The molecule has 0 fully saturated rings. The summed E-state index contributed by atoms with van der Waals surface area (Å²) in [7, 11) is 1.61. The molecule has 1 aromatic rings. The van der Waals surface area contributed by atoms with Crippen LogP contribution in [0.3, 0.4) is 0 Å². The summed E-state index contributed by atoms with van der Waals surface area (Å²) in [5.41, 5.74) is -0.377. The van der Waals surface area contributed by atoms with E-state index in [9.17, 15) is 4.79 Å². The Labute approximate surface area is 106 Å². The summed E-state index contributed by atoms with van der Waals surface area (Å²) in [5.74, 6) is 0.970. The second kappa shape index (κ2) is 4.22. The van der Waals surface area contributed by atoms with Gasteiger partial charge in [-0.25, -0.2) is 0 Å². The van der Waals surface area contributed by atoms with Crippen LogP contribution in [0.2, 0.25) is 0 Å². The molecular formula is C13H14N2O3. The number of fused-ring (bicyclic) bond motifs is 1. The van der Waals surface area contributed by atoms with Gasteiger partial charge in [0.05, 0.1) is 6.07 Å². The second-order valence-corrected chi connectivity index (χ2v) is 4.60. The largest absolute Gasteiger partial charge is 0.454 e. The van der Waals surface area contributed by atoms with E-state index < -0.39 is 5.54 Å². The average Bonchev–Trinajstić information content (AvgIpc) is 2.84. The molecule has 1 aliphatic heterocycles. The van der Waals surface area contributed by atoms with E-state index >= 15 is 0 Å². The van der Waals surface area contributed by atoms with Crippen molar-refractivity contribution in [3.63, 3.8) is 0 Å². The van der Waals surface area contributed by atoms with Crippen LogP contribution in [0.4, 0.5) is 0 Å². The van der Waals surface area contributed by atoms with Crippen LogP contribution in [0.1, 0.15) is 24.2 Å². The monoisotopic (exact) mass is 246 g/mol. The van der Waals surface area contributed by atoms with Gasteiger partial charge in [-0.1, -0.05) is 0 Å². The number of rotatable bonds is 2. The number of carbonyl (C=O) groups excluding carboxylic acids is 1. The molecule has 0 spiro atoms. The normalized spacial score (nSPS) is 13.0. The molecule has 1 aromatic carbocycles. The number of carbonyl (C=O) groups is 1. The van der Waals surface area contributed by atoms with Gasteiger partial charge in [0.1, 0.15) is 5.54 Å². The van der Waals surface area contributed by atoms with Crippen LogP contribution in [-0.2, 0) is 0 Å². The van der Waals surface area contributed by atoms with Crippen molar-refractivity contribution in [2.75, 3.05) is 13.8 Å². The van der Waals surface area contributed by atoms with E-state index in [4.69, 9.17) is 14.7 Å².